The Morgan fingerprint density at radius 1 is 1.35 bits per heavy atom. The number of aromatic nitrogens is 3. The van der Waals surface area contributed by atoms with Gasteiger partial charge in [-0.25, -0.2) is 9.98 Å². The highest BCUT2D eigenvalue weighted by molar-refractivity contribution is 8.13. The number of anilines is 1. The van der Waals surface area contributed by atoms with Crippen molar-refractivity contribution in [2.45, 2.75) is 18.9 Å². The zero-order valence-corrected chi connectivity index (χ0v) is 13.4. The number of nitrogens with one attached hydrogen (secondary N) is 1. The Morgan fingerprint density at radius 3 is 2.96 bits per heavy atom. The number of hydrogen-bond donors (Lipinski definition) is 2. The minimum Gasteiger partial charge on any atom is -0.379 e. The van der Waals surface area contributed by atoms with Crippen LogP contribution in [-0.2, 0) is 5.54 Å². The lowest BCUT2D eigenvalue weighted by atomic mass is 9.94. The lowest BCUT2D eigenvalue weighted by molar-refractivity contribution is 0.102. The van der Waals surface area contributed by atoms with Crippen molar-refractivity contribution in [1.29, 1.82) is 0 Å². The second-order valence-electron chi connectivity index (χ2n) is 5.30. The fourth-order valence-corrected chi connectivity index (χ4v) is 3.26. The summed E-state index contributed by atoms with van der Waals surface area (Å²) in [7, 11) is 0. The molecular formula is C15H16N6OS. The molecule has 0 saturated heterocycles. The molecule has 0 radical (unpaired) electrons. The van der Waals surface area contributed by atoms with E-state index in [1.807, 2.05) is 13.0 Å². The van der Waals surface area contributed by atoms with Gasteiger partial charge in [0.15, 0.2) is 5.17 Å². The number of amidine groups is 1. The van der Waals surface area contributed by atoms with E-state index in [1.165, 1.54) is 18.6 Å². The van der Waals surface area contributed by atoms with Crippen molar-refractivity contribution in [3.8, 4) is 0 Å². The number of hydrogen-bond acceptors (Lipinski definition) is 7. The molecule has 1 aliphatic rings. The second-order valence-corrected chi connectivity index (χ2v) is 6.41. The molecule has 3 heterocycles. The summed E-state index contributed by atoms with van der Waals surface area (Å²) >= 11 is 1.54. The number of carbonyl (C=O) groups is 1. The molecule has 0 aliphatic carbocycles. The minimum absolute atomic E-state index is 0.258. The Morgan fingerprint density at radius 2 is 2.22 bits per heavy atom. The molecule has 1 aliphatic heterocycles. The van der Waals surface area contributed by atoms with E-state index >= 15 is 0 Å². The molecule has 2 aromatic rings. The average molecular weight is 328 g/mol. The predicted molar refractivity (Wildman–Crippen MR) is 90.3 cm³/mol. The molecule has 1 amide bonds. The number of carbonyl (C=O) groups excluding carboxylic acids is 1. The molecule has 2 aromatic heterocycles. The van der Waals surface area contributed by atoms with Crippen LogP contribution in [0.1, 0.15) is 29.5 Å². The average Bonchev–Trinajstić information content (AvgIpc) is 2.56. The van der Waals surface area contributed by atoms with Crippen molar-refractivity contribution in [3.63, 3.8) is 0 Å². The normalized spacial score (nSPS) is 20.7. The summed E-state index contributed by atoms with van der Waals surface area (Å²) in [5, 5.41) is 3.36. The lowest BCUT2D eigenvalue weighted by Gasteiger charge is -2.28. The molecule has 0 bridgehead atoms. The highest BCUT2D eigenvalue weighted by Gasteiger charge is 2.31. The maximum atomic E-state index is 12.1. The van der Waals surface area contributed by atoms with Gasteiger partial charge in [-0.05, 0) is 25.5 Å². The van der Waals surface area contributed by atoms with Crippen LogP contribution in [0, 0.1) is 0 Å². The van der Waals surface area contributed by atoms with Crippen LogP contribution in [0.15, 0.2) is 41.9 Å². The predicted octanol–water partition coefficient (Wildman–Crippen LogP) is 1.79. The Hall–Kier alpha value is -2.48. The van der Waals surface area contributed by atoms with E-state index < -0.39 is 5.54 Å². The van der Waals surface area contributed by atoms with Gasteiger partial charge in [0.25, 0.3) is 5.91 Å². The van der Waals surface area contributed by atoms with Crippen LogP contribution >= 0.6 is 11.8 Å². The molecule has 0 spiro atoms. The van der Waals surface area contributed by atoms with Gasteiger partial charge < -0.3 is 11.1 Å². The first-order chi connectivity index (χ1) is 11.1. The smallest absolute Gasteiger partial charge is 0.275 e. The van der Waals surface area contributed by atoms with E-state index in [-0.39, 0.29) is 11.6 Å². The first-order valence-electron chi connectivity index (χ1n) is 7.09. The third-order valence-corrected chi connectivity index (χ3v) is 4.36. The van der Waals surface area contributed by atoms with Crippen LogP contribution in [0.5, 0.6) is 0 Å². The minimum atomic E-state index is -0.470. The monoisotopic (exact) mass is 328 g/mol. The summed E-state index contributed by atoms with van der Waals surface area (Å²) < 4.78 is 0. The maximum absolute atomic E-state index is 12.1. The molecule has 3 N–H and O–H groups in total. The molecular weight excluding hydrogens is 312 g/mol. The lowest BCUT2D eigenvalue weighted by Crippen LogP contribution is -2.29. The van der Waals surface area contributed by atoms with E-state index in [0.717, 1.165) is 17.9 Å². The van der Waals surface area contributed by atoms with E-state index in [4.69, 9.17) is 5.73 Å². The molecule has 0 aromatic carbocycles. The maximum Gasteiger partial charge on any atom is 0.275 e. The topological polar surface area (TPSA) is 106 Å². The van der Waals surface area contributed by atoms with Crippen molar-refractivity contribution in [2.24, 2.45) is 10.7 Å². The number of amides is 1. The standard InChI is InChI=1S/C15H16N6OS/c1-15(3-7-23-14(16)21-15)12-8-10(2-4-19-12)20-13(22)11-9-17-5-6-18-11/h2,4-6,8-9H,3,7H2,1H3,(H2,16,21)(H,19,20,22)/t15-/m0/s1. The van der Waals surface area contributed by atoms with E-state index in [9.17, 15) is 4.79 Å². The van der Waals surface area contributed by atoms with Crippen molar-refractivity contribution < 1.29 is 4.79 Å². The third-order valence-electron chi connectivity index (χ3n) is 3.56. The SMILES string of the molecule is C[C@@]1(c2cc(NC(=O)c3cnccn3)ccn2)CCSC(N)=N1. The van der Waals surface area contributed by atoms with Gasteiger partial charge in [0.2, 0.25) is 0 Å². The Kier molecular flexibility index (Phi) is 4.24. The van der Waals surface area contributed by atoms with Crippen molar-refractivity contribution in [2.75, 3.05) is 11.1 Å². The summed E-state index contributed by atoms with van der Waals surface area (Å²) in [6, 6.07) is 3.55. The zero-order valence-electron chi connectivity index (χ0n) is 12.6. The number of aliphatic imine (C=N–C) groups is 1. The Balaban J connectivity index is 1.83. The number of thioether (sulfide) groups is 1. The number of nitrogens with zero attached hydrogens (tertiary/aromatic N) is 4. The first kappa shape index (κ1) is 15.4. The van der Waals surface area contributed by atoms with Gasteiger partial charge in [-0.2, -0.15) is 0 Å². The molecule has 3 rings (SSSR count). The molecule has 0 saturated carbocycles. The van der Waals surface area contributed by atoms with Crippen LogP contribution in [-0.4, -0.2) is 31.8 Å². The van der Waals surface area contributed by atoms with Crippen LogP contribution in [0.2, 0.25) is 0 Å². The van der Waals surface area contributed by atoms with Gasteiger partial charge in [-0.3, -0.25) is 14.8 Å². The number of nitrogens with two attached hydrogens (primary N) is 1. The molecule has 8 heteroatoms. The summed E-state index contributed by atoms with van der Waals surface area (Å²) in [6.07, 6.45) is 6.91. The van der Waals surface area contributed by atoms with E-state index in [0.29, 0.717) is 10.9 Å². The van der Waals surface area contributed by atoms with E-state index in [1.54, 1.807) is 24.0 Å². The quantitative estimate of drug-likeness (QED) is 0.889. The van der Waals surface area contributed by atoms with Gasteiger partial charge in [0, 0.05) is 30.0 Å². The third kappa shape index (κ3) is 3.48. The van der Waals surface area contributed by atoms with Gasteiger partial charge in [-0.1, -0.05) is 11.8 Å². The van der Waals surface area contributed by atoms with Crippen LogP contribution in [0.4, 0.5) is 5.69 Å². The number of rotatable bonds is 3. The Bertz CT molecular complexity index is 751. The number of pyridine rings is 1. The molecule has 0 unspecified atom stereocenters. The van der Waals surface area contributed by atoms with Crippen LogP contribution < -0.4 is 11.1 Å². The largest absolute Gasteiger partial charge is 0.379 e. The Labute approximate surface area is 137 Å². The van der Waals surface area contributed by atoms with Crippen LogP contribution in [0.25, 0.3) is 0 Å². The molecule has 23 heavy (non-hydrogen) atoms. The van der Waals surface area contributed by atoms with Crippen molar-refractivity contribution >= 4 is 28.5 Å². The summed E-state index contributed by atoms with van der Waals surface area (Å²) in [4.78, 5) is 28.9. The van der Waals surface area contributed by atoms with Gasteiger partial charge in [0.1, 0.15) is 11.2 Å². The highest BCUT2D eigenvalue weighted by Crippen LogP contribution is 2.34. The summed E-state index contributed by atoms with van der Waals surface area (Å²) in [6.45, 7) is 2.00. The van der Waals surface area contributed by atoms with Gasteiger partial charge in [0.05, 0.1) is 11.9 Å². The van der Waals surface area contributed by atoms with Crippen LogP contribution in [0.3, 0.4) is 0 Å². The first-order valence-corrected chi connectivity index (χ1v) is 8.07. The fourth-order valence-electron chi connectivity index (χ4n) is 2.29. The molecule has 7 nitrogen and oxygen atoms in total. The molecule has 1 atom stereocenters. The fraction of sp³-hybridized carbons (Fsp3) is 0.267. The molecule has 118 valence electrons. The summed E-state index contributed by atoms with van der Waals surface area (Å²) in [5.41, 5.74) is 7.04. The van der Waals surface area contributed by atoms with Crippen molar-refractivity contribution in [1.82, 2.24) is 15.0 Å². The zero-order chi connectivity index (χ0) is 16.3. The highest BCUT2D eigenvalue weighted by atomic mass is 32.2. The summed E-state index contributed by atoms with van der Waals surface area (Å²) in [5.74, 6) is 0.576. The van der Waals surface area contributed by atoms with Gasteiger partial charge in [-0.15, -0.1) is 0 Å². The molecule has 0 fully saturated rings. The second kappa shape index (κ2) is 6.33. The van der Waals surface area contributed by atoms with Gasteiger partial charge >= 0.3 is 0 Å². The van der Waals surface area contributed by atoms with E-state index in [2.05, 4.69) is 25.3 Å². The van der Waals surface area contributed by atoms with Crippen molar-refractivity contribution in [3.05, 3.63) is 48.3 Å².